The molecule has 0 aliphatic carbocycles. The second-order valence-corrected chi connectivity index (χ2v) is 4.67. The number of benzene rings is 1. The van der Waals surface area contributed by atoms with E-state index >= 15 is 0 Å². The lowest BCUT2D eigenvalue weighted by molar-refractivity contribution is 0.282. The van der Waals surface area contributed by atoms with Gasteiger partial charge in [0.25, 0.3) is 0 Å². The average molecular weight is 256 g/mol. The average Bonchev–Trinajstić information content (AvgIpc) is 2.46. The molecule has 19 heavy (non-hydrogen) atoms. The van der Waals surface area contributed by atoms with Crippen LogP contribution in [0.25, 0.3) is 10.9 Å². The molecular formula is C16H20N2O. The van der Waals surface area contributed by atoms with Crippen molar-refractivity contribution in [1.82, 2.24) is 4.98 Å². The Balaban J connectivity index is 2.31. The topological polar surface area (TPSA) is 36.4 Å². The zero-order valence-electron chi connectivity index (χ0n) is 11.3. The van der Waals surface area contributed by atoms with Crippen molar-refractivity contribution >= 4 is 16.7 Å². The molecule has 2 rings (SSSR count). The van der Waals surface area contributed by atoms with E-state index in [0.29, 0.717) is 0 Å². The van der Waals surface area contributed by atoms with Crippen LogP contribution < -0.4 is 4.90 Å². The van der Waals surface area contributed by atoms with Crippen LogP contribution in [-0.4, -0.2) is 23.7 Å². The van der Waals surface area contributed by atoms with E-state index in [9.17, 15) is 5.11 Å². The molecule has 1 N–H and O–H groups in total. The van der Waals surface area contributed by atoms with Crippen molar-refractivity contribution in [2.24, 2.45) is 0 Å². The summed E-state index contributed by atoms with van der Waals surface area (Å²) in [6.07, 6.45) is 3.96. The normalized spacial score (nSPS) is 10.6. The van der Waals surface area contributed by atoms with Gasteiger partial charge in [0.05, 0.1) is 12.1 Å². The number of pyridine rings is 1. The molecule has 0 bridgehead atoms. The van der Waals surface area contributed by atoms with E-state index in [1.807, 2.05) is 43.5 Å². The lowest BCUT2D eigenvalue weighted by atomic mass is 10.1. The molecule has 0 saturated heterocycles. The maximum atomic E-state index is 9.52. The number of rotatable bonds is 6. The van der Waals surface area contributed by atoms with Crippen molar-refractivity contribution in [1.29, 1.82) is 0 Å². The summed E-state index contributed by atoms with van der Waals surface area (Å²) in [7, 11) is 2.01. The van der Waals surface area contributed by atoms with Crippen LogP contribution in [0.15, 0.2) is 43.0 Å². The van der Waals surface area contributed by atoms with Crippen molar-refractivity contribution < 1.29 is 5.11 Å². The monoisotopic (exact) mass is 256 g/mol. The molecular weight excluding hydrogens is 236 g/mol. The highest BCUT2D eigenvalue weighted by Gasteiger charge is 2.10. The van der Waals surface area contributed by atoms with Crippen LogP contribution in [0.2, 0.25) is 0 Å². The molecule has 3 nitrogen and oxygen atoms in total. The van der Waals surface area contributed by atoms with Crippen molar-refractivity contribution in [3.63, 3.8) is 0 Å². The van der Waals surface area contributed by atoms with E-state index in [1.165, 1.54) is 0 Å². The first kappa shape index (κ1) is 13.6. The second-order valence-electron chi connectivity index (χ2n) is 4.67. The summed E-state index contributed by atoms with van der Waals surface area (Å²) in [5.41, 5.74) is 1.84. The van der Waals surface area contributed by atoms with Crippen LogP contribution in [0.3, 0.4) is 0 Å². The fourth-order valence-electron chi connectivity index (χ4n) is 2.18. The van der Waals surface area contributed by atoms with Crippen molar-refractivity contribution in [3.05, 3.63) is 48.6 Å². The molecule has 3 heteroatoms. The minimum atomic E-state index is 0.0129. The van der Waals surface area contributed by atoms with E-state index in [-0.39, 0.29) is 6.61 Å². The molecule has 0 atom stereocenters. The molecule has 0 spiro atoms. The summed E-state index contributed by atoms with van der Waals surface area (Å²) < 4.78 is 0. The van der Waals surface area contributed by atoms with Gasteiger partial charge in [-0.3, -0.25) is 0 Å². The summed E-state index contributed by atoms with van der Waals surface area (Å²) in [6, 6.07) is 10.00. The van der Waals surface area contributed by atoms with Gasteiger partial charge >= 0.3 is 0 Å². The van der Waals surface area contributed by atoms with Gasteiger partial charge in [0, 0.05) is 24.5 Å². The number of para-hydroxylation sites is 1. The van der Waals surface area contributed by atoms with E-state index in [2.05, 4.69) is 16.5 Å². The number of hydrogen-bond acceptors (Lipinski definition) is 3. The number of hydrogen-bond donors (Lipinski definition) is 1. The lowest BCUT2D eigenvalue weighted by Gasteiger charge is -2.21. The van der Waals surface area contributed by atoms with Crippen molar-refractivity contribution in [2.75, 3.05) is 18.5 Å². The summed E-state index contributed by atoms with van der Waals surface area (Å²) in [6.45, 7) is 4.65. The first-order valence-electron chi connectivity index (χ1n) is 6.58. The van der Waals surface area contributed by atoms with Crippen molar-refractivity contribution in [2.45, 2.75) is 19.4 Å². The molecule has 1 aromatic heterocycles. The Bertz CT molecular complexity index is 566. The summed E-state index contributed by atoms with van der Waals surface area (Å²) >= 11 is 0. The smallest absolute Gasteiger partial charge is 0.134 e. The number of anilines is 1. The minimum absolute atomic E-state index is 0.0129. The van der Waals surface area contributed by atoms with Gasteiger partial charge in [0.2, 0.25) is 0 Å². The molecule has 1 heterocycles. The highest BCUT2D eigenvalue weighted by molar-refractivity contribution is 5.81. The number of aromatic nitrogens is 1. The Hall–Kier alpha value is -1.87. The zero-order valence-corrected chi connectivity index (χ0v) is 11.3. The number of fused-ring (bicyclic) bond motifs is 1. The quantitative estimate of drug-likeness (QED) is 0.637. The number of unbranched alkanes of at least 4 members (excludes halogenated alkanes) is 1. The van der Waals surface area contributed by atoms with Crippen LogP contribution in [0.5, 0.6) is 0 Å². The van der Waals surface area contributed by atoms with Gasteiger partial charge in [-0.05, 0) is 25.0 Å². The molecule has 0 amide bonds. The fraction of sp³-hybridized carbons (Fsp3) is 0.312. The number of nitrogens with zero attached hydrogens (tertiary/aromatic N) is 2. The Morgan fingerprint density at radius 2 is 2.16 bits per heavy atom. The molecule has 0 fully saturated rings. The molecule has 1 aromatic carbocycles. The molecule has 0 saturated carbocycles. The van der Waals surface area contributed by atoms with E-state index in [1.54, 1.807) is 0 Å². The number of allylic oxidation sites excluding steroid dienone is 1. The standard InChI is InChI=1S/C16H20N2O/c1-3-4-7-10-18(2)16-14(12-19)11-13-8-5-6-9-15(13)17-16/h3,5-6,8-9,11,19H,1,4,7,10,12H2,2H3. The van der Waals surface area contributed by atoms with Gasteiger partial charge in [-0.1, -0.05) is 24.3 Å². The van der Waals surface area contributed by atoms with Gasteiger partial charge in [-0.25, -0.2) is 4.98 Å². The Morgan fingerprint density at radius 1 is 1.37 bits per heavy atom. The Labute approximate surface area is 114 Å². The molecule has 0 aliphatic rings. The third-order valence-corrected chi connectivity index (χ3v) is 3.21. The largest absolute Gasteiger partial charge is 0.392 e. The molecule has 100 valence electrons. The van der Waals surface area contributed by atoms with E-state index in [0.717, 1.165) is 41.7 Å². The second kappa shape index (κ2) is 6.34. The van der Waals surface area contributed by atoms with Gasteiger partial charge in [-0.2, -0.15) is 0 Å². The zero-order chi connectivity index (χ0) is 13.7. The molecule has 0 unspecified atom stereocenters. The SMILES string of the molecule is C=CCCCN(C)c1nc2ccccc2cc1CO. The number of aliphatic hydroxyl groups is 1. The van der Waals surface area contributed by atoms with Crippen LogP contribution in [0.1, 0.15) is 18.4 Å². The predicted octanol–water partition coefficient (Wildman–Crippen LogP) is 3.13. The fourth-order valence-corrected chi connectivity index (χ4v) is 2.18. The van der Waals surface area contributed by atoms with Crippen molar-refractivity contribution in [3.8, 4) is 0 Å². The van der Waals surface area contributed by atoms with Gasteiger partial charge in [0.1, 0.15) is 5.82 Å². The maximum Gasteiger partial charge on any atom is 0.134 e. The van der Waals surface area contributed by atoms with Crippen LogP contribution in [-0.2, 0) is 6.61 Å². The van der Waals surface area contributed by atoms with Crippen LogP contribution >= 0.6 is 0 Å². The first-order chi connectivity index (χ1) is 9.26. The molecule has 0 radical (unpaired) electrons. The summed E-state index contributed by atoms with van der Waals surface area (Å²) in [5, 5.41) is 10.6. The van der Waals surface area contributed by atoms with Gasteiger partial charge in [-0.15, -0.1) is 6.58 Å². The summed E-state index contributed by atoms with van der Waals surface area (Å²) in [4.78, 5) is 6.76. The van der Waals surface area contributed by atoms with Crippen LogP contribution in [0, 0.1) is 0 Å². The van der Waals surface area contributed by atoms with Gasteiger partial charge in [0.15, 0.2) is 0 Å². The third-order valence-electron chi connectivity index (χ3n) is 3.21. The third kappa shape index (κ3) is 3.12. The number of aliphatic hydroxyl groups excluding tert-OH is 1. The van der Waals surface area contributed by atoms with E-state index < -0.39 is 0 Å². The highest BCUT2D eigenvalue weighted by Crippen LogP contribution is 2.23. The highest BCUT2D eigenvalue weighted by atomic mass is 16.3. The first-order valence-corrected chi connectivity index (χ1v) is 6.58. The Morgan fingerprint density at radius 3 is 2.89 bits per heavy atom. The van der Waals surface area contributed by atoms with Crippen LogP contribution in [0.4, 0.5) is 5.82 Å². The molecule has 0 aliphatic heterocycles. The van der Waals surface area contributed by atoms with E-state index in [4.69, 9.17) is 0 Å². The maximum absolute atomic E-state index is 9.52. The minimum Gasteiger partial charge on any atom is -0.392 e. The molecule has 2 aromatic rings. The predicted molar refractivity (Wildman–Crippen MR) is 80.4 cm³/mol. The lowest BCUT2D eigenvalue weighted by Crippen LogP contribution is -2.21. The van der Waals surface area contributed by atoms with Gasteiger partial charge < -0.3 is 10.0 Å². The summed E-state index contributed by atoms with van der Waals surface area (Å²) in [5.74, 6) is 0.866. The Kier molecular flexibility index (Phi) is 4.53.